The predicted molar refractivity (Wildman–Crippen MR) is 72.4 cm³/mol. The van der Waals surface area contributed by atoms with E-state index in [1.807, 2.05) is 24.3 Å². The van der Waals surface area contributed by atoms with Gasteiger partial charge in [-0.1, -0.05) is 24.3 Å². The van der Waals surface area contributed by atoms with E-state index >= 15 is 0 Å². The Morgan fingerprint density at radius 2 is 1.53 bits per heavy atom. The minimum Gasteiger partial charge on any atom is -0.340 e. The molecule has 2 aromatic rings. The van der Waals surface area contributed by atoms with Gasteiger partial charge in [-0.3, -0.25) is 9.98 Å². The average Bonchev–Trinajstić information content (AvgIpc) is 2.77. The molecule has 98 valence electrons. The topological polar surface area (TPSA) is 78.2 Å². The number of fused-ring (bicyclic) bond motifs is 1. The first-order valence-electron chi connectivity index (χ1n) is 5.82. The molecule has 2 rings (SSSR count). The van der Waals surface area contributed by atoms with Gasteiger partial charge in [0.05, 0.1) is 10.7 Å². The Kier molecular flexibility index (Phi) is 3.70. The maximum Gasteiger partial charge on any atom is 0.334 e. The summed E-state index contributed by atoms with van der Waals surface area (Å²) in [6.07, 6.45) is 0. The first-order chi connectivity index (χ1) is 9.22. The number of hydrogen-bond donors (Lipinski definition) is 2. The molecule has 0 saturated carbocycles. The van der Waals surface area contributed by atoms with Crippen LogP contribution >= 0.6 is 0 Å². The van der Waals surface area contributed by atoms with Crippen molar-refractivity contribution in [3.63, 3.8) is 0 Å². The maximum absolute atomic E-state index is 11.2. The Hall–Kier alpha value is -2.50. The van der Waals surface area contributed by atoms with Crippen LogP contribution in [-0.4, -0.2) is 27.2 Å². The highest BCUT2D eigenvalue weighted by Gasteiger charge is 2.06. The van der Waals surface area contributed by atoms with Gasteiger partial charge in [0.15, 0.2) is 0 Å². The molecule has 6 heteroatoms. The van der Waals surface area contributed by atoms with Crippen LogP contribution in [0.2, 0.25) is 0 Å². The van der Waals surface area contributed by atoms with Gasteiger partial charge in [0, 0.05) is 31.9 Å². The molecule has 0 unspecified atom stereocenters. The SMILES string of the molecule is CN=c1c(=NNC(=O)NC)c(=NC)c2ccccc12. The van der Waals surface area contributed by atoms with Crippen molar-refractivity contribution in [2.24, 2.45) is 15.1 Å². The summed E-state index contributed by atoms with van der Waals surface area (Å²) < 4.78 is 0. The third kappa shape index (κ3) is 2.24. The maximum atomic E-state index is 11.2. The summed E-state index contributed by atoms with van der Waals surface area (Å²) in [6.45, 7) is 0. The third-order valence-corrected chi connectivity index (χ3v) is 2.83. The molecular weight excluding hydrogens is 242 g/mol. The Morgan fingerprint density at radius 1 is 1.00 bits per heavy atom. The minimum absolute atomic E-state index is 0.380. The highest BCUT2D eigenvalue weighted by molar-refractivity contribution is 5.83. The van der Waals surface area contributed by atoms with Crippen molar-refractivity contribution in [3.05, 3.63) is 40.3 Å². The lowest BCUT2D eigenvalue weighted by molar-refractivity contribution is 0.243. The molecule has 0 fully saturated rings. The van der Waals surface area contributed by atoms with Gasteiger partial charge in [-0.2, -0.15) is 5.10 Å². The van der Waals surface area contributed by atoms with Gasteiger partial charge in [0.2, 0.25) is 0 Å². The first kappa shape index (κ1) is 12.9. The first-order valence-corrected chi connectivity index (χ1v) is 5.82. The average molecular weight is 257 g/mol. The summed E-state index contributed by atoms with van der Waals surface area (Å²) in [4.78, 5) is 19.7. The molecule has 6 nitrogen and oxygen atoms in total. The smallest absolute Gasteiger partial charge is 0.334 e. The summed E-state index contributed by atoms with van der Waals surface area (Å²) in [5, 5.41) is 10.5. The van der Waals surface area contributed by atoms with Gasteiger partial charge in [0.25, 0.3) is 0 Å². The number of amides is 2. The molecule has 19 heavy (non-hydrogen) atoms. The van der Waals surface area contributed by atoms with Crippen molar-refractivity contribution in [2.45, 2.75) is 0 Å². The standard InChI is InChI=1S/C13H15N5O/c1-14-10-8-6-4-5-7-9(8)11(15-2)12(10)17-18-13(19)16-3/h4-7H,1-3H3,(H2,16,18,19). The molecule has 0 saturated heterocycles. The number of carbonyl (C=O) groups excluding carboxylic acids is 1. The zero-order valence-corrected chi connectivity index (χ0v) is 11.1. The van der Waals surface area contributed by atoms with Crippen LogP contribution < -0.4 is 26.8 Å². The molecule has 0 atom stereocenters. The molecule has 2 amide bonds. The quantitative estimate of drug-likeness (QED) is 0.665. The number of rotatable bonds is 1. The van der Waals surface area contributed by atoms with Crippen molar-refractivity contribution < 1.29 is 4.79 Å². The van der Waals surface area contributed by atoms with Gasteiger partial charge in [0.1, 0.15) is 5.36 Å². The van der Waals surface area contributed by atoms with Crippen molar-refractivity contribution >= 4 is 16.8 Å². The molecule has 2 aromatic carbocycles. The predicted octanol–water partition coefficient (Wildman–Crippen LogP) is -0.479. The number of nitrogens with zero attached hydrogens (tertiary/aromatic N) is 3. The summed E-state index contributed by atoms with van der Waals surface area (Å²) in [6, 6.07) is 7.42. The van der Waals surface area contributed by atoms with Gasteiger partial charge < -0.3 is 5.32 Å². The fourth-order valence-electron chi connectivity index (χ4n) is 1.98. The Bertz CT molecular complexity index is 727. The normalized spacial score (nSPS) is 12.8. The number of carbonyl (C=O) groups is 1. The Labute approximate surface area is 109 Å². The third-order valence-electron chi connectivity index (χ3n) is 2.83. The Balaban J connectivity index is 2.84. The lowest BCUT2D eigenvalue weighted by Crippen LogP contribution is -2.39. The van der Waals surface area contributed by atoms with Crippen molar-refractivity contribution in [1.29, 1.82) is 0 Å². The van der Waals surface area contributed by atoms with Crippen LogP contribution in [-0.2, 0) is 0 Å². The largest absolute Gasteiger partial charge is 0.340 e. The van der Waals surface area contributed by atoms with Gasteiger partial charge in [-0.15, -0.1) is 0 Å². The van der Waals surface area contributed by atoms with E-state index in [1.165, 1.54) is 7.05 Å². The highest BCUT2D eigenvalue weighted by Crippen LogP contribution is 2.02. The zero-order valence-electron chi connectivity index (χ0n) is 11.1. The Morgan fingerprint density at radius 3 is 1.95 bits per heavy atom. The monoisotopic (exact) mass is 257 g/mol. The molecule has 0 bridgehead atoms. The van der Waals surface area contributed by atoms with Crippen molar-refractivity contribution in [3.8, 4) is 0 Å². The molecular formula is C13H15N5O. The van der Waals surface area contributed by atoms with E-state index in [-0.39, 0.29) is 6.03 Å². The molecule has 0 spiro atoms. The molecule has 0 aliphatic carbocycles. The van der Waals surface area contributed by atoms with Crippen LogP contribution in [0.4, 0.5) is 4.79 Å². The van der Waals surface area contributed by atoms with E-state index in [9.17, 15) is 4.79 Å². The fourth-order valence-corrected chi connectivity index (χ4v) is 1.98. The molecule has 0 aliphatic heterocycles. The van der Waals surface area contributed by atoms with Crippen LogP contribution in [0.5, 0.6) is 0 Å². The van der Waals surface area contributed by atoms with Gasteiger partial charge in [-0.25, -0.2) is 10.2 Å². The molecule has 0 aromatic heterocycles. The lowest BCUT2D eigenvalue weighted by Gasteiger charge is -1.94. The van der Waals surface area contributed by atoms with Crippen LogP contribution in [0.3, 0.4) is 0 Å². The van der Waals surface area contributed by atoms with E-state index in [2.05, 4.69) is 25.8 Å². The highest BCUT2D eigenvalue weighted by atomic mass is 16.2. The molecule has 0 heterocycles. The summed E-state index contributed by atoms with van der Waals surface area (Å²) in [7, 11) is 4.92. The number of nitrogens with one attached hydrogen (secondary N) is 2. The van der Waals surface area contributed by atoms with E-state index in [1.54, 1.807) is 14.1 Å². The molecule has 0 aliphatic rings. The van der Waals surface area contributed by atoms with Crippen molar-refractivity contribution in [1.82, 2.24) is 10.7 Å². The second-order valence-electron chi connectivity index (χ2n) is 3.84. The van der Waals surface area contributed by atoms with Crippen LogP contribution in [0, 0.1) is 0 Å². The van der Waals surface area contributed by atoms with Gasteiger partial charge >= 0.3 is 6.03 Å². The van der Waals surface area contributed by atoms with E-state index in [0.717, 1.165) is 21.5 Å². The summed E-state index contributed by atoms with van der Waals surface area (Å²) >= 11 is 0. The molecule has 2 N–H and O–H groups in total. The van der Waals surface area contributed by atoms with E-state index in [0.29, 0.717) is 5.36 Å². The summed E-state index contributed by atoms with van der Waals surface area (Å²) in [5.74, 6) is 0. The number of urea groups is 1. The lowest BCUT2D eigenvalue weighted by atomic mass is 10.2. The van der Waals surface area contributed by atoms with Crippen LogP contribution in [0.15, 0.2) is 39.4 Å². The second kappa shape index (κ2) is 5.43. The number of hydrogen-bond acceptors (Lipinski definition) is 4. The van der Waals surface area contributed by atoms with Gasteiger partial charge in [-0.05, 0) is 0 Å². The minimum atomic E-state index is -0.380. The van der Waals surface area contributed by atoms with Crippen LogP contribution in [0.25, 0.3) is 10.8 Å². The zero-order chi connectivity index (χ0) is 13.8. The van der Waals surface area contributed by atoms with E-state index < -0.39 is 0 Å². The fraction of sp³-hybridized carbons (Fsp3) is 0.231. The van der Waals surface area contributed by atoms with Crippen molar-refractivity contribution in [2.75, 3.05) is 21.1 Å². The number of benzene rings is 1. The van der Waals surface area contributed by atoms with E-state index in [4.69, 9.17) is 0 Å². The van der Waals surface area contributed by atoms with Crippen LogP contribution in [0.1, 0.15) is 0 Å². The second-order valence-corrected chi connectivity index (χ2v) is 3.84. The summed E-state index contributed by atoms with van der Waals surface area (Å²) in [5.41, 5.74) is 2.41. The molecule has 0 radical (unpaired) electrons.